The minimum atomic E-state index is -5.77. The lowest BCUT2D eigenvalue weighted by molar-refractivity contribution is -0.360. The number of benzene rings is 1. The average molecular weight is 375 g/mol. The lowest BCUT2D eigenvalue weighted by atomic mass is 9.91. The van der Waals surface area contributed by atoms with E-state index in [1.807, 2.05) is 0 Å². The fourth-order valence-corrected chi connectivity index (χ4v) is 2.74. The van der Waals surface area contributed by atoms with Crippen LogP contribution in [0.15, 0.2) is 40.9 Å². The summed E-state index contributed by atoms with van der Waals surface area (Å²) in [6.45, 7) is 2.51. The molecule has 1 N–H and O–H groups in total. The van der Waals surface area contributed by atoms with Crippen molar-refractivity contribution in [2.24, 2.45) is 10.9 Å². The second kappa shape index (κ2) is 6.77. The van der Waals surface area contributed by atoms with Crippen molar-refractivity contribution in [2.75, 3.05) is 11.7 Å². The SMILES string of the molecule is CC1CC=C(C2=NCN(c3ccc(OC(F)(F)C(F)(F)F)cc3)N2)CC1. The zero-order valence-electron chi connectivity index (χ0n) is 14.0. The van der Waals surface area contributed by atoms with Gasteiger partial charge in [-0.05, 0) is 55.0 Å². The van der Waals surface area contributed by atoms with Gasteiger partial charge in [-0.2, -0.15) is 22.0 Å². The van der Waals surface area contributed by atoms with Crippen molar-refractivity contribution < 1.29 is 26.7 Å². The molecule has 2 aliphatic rings. The van der Waals surface area contributed by atoms with Gasteiger partial charge >= 0.3 is 12.3 Å². The van der Waals surface area contributed by atoms with Crippen LogP contribution in [0.1, 0.15) is 26.2 Å². The van der Waals surface area contributed by atoms with Crippen molar-refractivity contribution in [1.29, 1.82) is 0 Å². The van der Waals surface area contributed by atoms with Crippen LogP contribution in [0.4, 0.5) is 27.6 Å². The van der Waals surface area contributed by atoms with Crippen molar-refractivity contribution >= 4 is 11.5 Å². The average Bonchev–Trinajstić information content (AvgIpc) is 3.05. The predicted octanol–water partition coefficient (Wildman–Crippen LogP) is 4.65. The van der Waals surface area contributed by atoms with E-state index in [0.29, 0.717) is 18.3 Å². The summed E-state index contributed by atoms with van der Waals surface area (Å²) >= 11 is 0. The van der Waals surface area contributed by atoms with Crippen LogP contribution in [-0.4, -0.2) is 24.8 Å². The number of nitrogens with zero attached hydrogens (tertiary/aromatic N) is 2. The zero-order valence-corrected chi connectivity index (χ0v) is 14.0. The van der Waals surface area contributed by atoms with Crippen molar-refractivity contribution in [2.45, 2.75) is 38.5 Å². The molecule has 0 fully saturated rings. The van der Waals surface area contributed by atoms with Gasteiger partial charge in [0.1, 0.15) is 18.3 Å². The number of ether oxygens (including phenoxy) is 1. The molecule has 3 rings (SSSR count). The van der Waals surface area contributed by atoms with E-state index in [-0.39, 0.29) is 0 Å². The third kappa shape index (κ3) is 3.91. The maximum atomic E-state index is 12.9. The molecule has 0 spiro atoms. The summed E-state index contributed by atoms with van der Waals surface area (Å²) in [6, 6.07) is 4.92. The van der Waals surface area contributed by atoms with Crippen LogP contribution in [0.2, 0.25) is 0 Å². The van der Waals surface area contributed by atoms with Gasteiger partial charge in [-0.15, -0.1) is 0 Å². The van der Waals surface area contributed by atoms with Gasteiger partial charge in [0.25, 0.3) is 0 Å². The van der Waals surface area contributed by atoms with Crippen LogP contribution >= 0.6 is 0 Å². The highest BCUT2D eigenvalue weighted by atomic mass is 19.4. The first-order valence-electron chi connectivity index (χ1n) is 8.17. The fourth-order valence-electron chi connectivity index (χ4n) is 2.74. The van der Waals surface area contributed by atoms with E-state index in [9.17, 15) is 22.0 Å². The Balaban J connectivity index is 1.62. The Hall–Kier alpha value is -2.32. The van der Waals surface area contributed by atoms with Gasteiger partial charge < -0.3 is 4.74 Å². The molecule has 1 heterocycles. The molecule has 0 radical (unpaired) electrons. The third-order valence-electron chi connectivity index (χ3n) is 4.31. The maximum absolute atomic E-state index is 12.9. The largest absolute Gasteiger partial charge is 0.499 e. The molecule has 142 valence electrons. The van der Waals surface area contributed by atoms with Crippen molar-refractivity contribution in [3.05, 3.63) is 35.9 Å². The number of hydrazine groups is 1. The Kier molecular flexibility index (Phi) is 4.81. The number of alkyl halides is 5. The van der Waals surface area contributed by atoms with Gasteiger partial charge in [0.15, 0.2) is 0 Å². The number of allylic oxidation sites excluding steroid dienone is 1. The van der Waals surface area contributed by atoms with E-state index in [4.69, 9.17) is 0 Å². The molecule has 0 saturated heterocycles. The number of rotatable bonds is 4. The predicted molar refractivity (Wildman–Crippen MR) is 87.1 cm³/mol. The lowest BCUT2D eigenvalue weighted by Gasteiger charge is -2.23. The number of aliphatic imine (C=N–C) groups is 1. The monoisotopic (exact) mass is 375 g/mol. The Morgan fingerprint density at radius 2 is 1.85 bits per heavy atom. The molecule has 0 amide bonds. The number of nitrogens with one attached hydrogen (secondary N) is 1. The van der Waals surface area contributed by atoms with Crippen molar-refractivity contribution in [3.8, 4) is 5.75 Å². The molecule has 1 unspecified atom stereocenters. The van der Waals surface area contributed by atoms with Crippen LogP contribution in [0.3, 0.4) is 0 Å². The number of hydrogen-bond donors (Lipinski definition) is 1. The molecule has 4 nitrogen and oxygen atoms in total. The van der Waals surface area contributed by atoms with Crippen LogP contribution < -0.4 is 15.2 Å². The molecule has 9 heteroatoms. The standard InChI is InChI=1S/C17H18F5N3O/c1-11-2-4-12(5-3-11)15-23-10-25(24-15)13-6-8-14(9-7-13)26-17(21,22)16(18,19)20/h4,6-9,11H,2-3,5,10H2,1H3,(H,23,24). The summed E-state index contributed by atoms with van der Waals surface area (Å²) in [4.78, 5) is 4.42. The van der Waals surface area contributed by atoms with Gasteiger partial charge in [0, 0.05) is 0 Å². The van der Waals surface area contributed by atoms with Crippen LogP contribution in [0.25, 0.3) is 0 Å². The summed E-state index contributed by atoms with van der Waals surface area (Å²) in [6.07, 6.45) is -5.83. The molecule has 1 aromatic carbocycles. The molecule has 1 aliphatic heterocycles. The molecule has 1 aromatic rings. The van der Waals surface area contributed by atoms with Crippen LogP contribution in [-0.2, 0) is 0 Å². The summed E-state index contributed by atoms with van der Waals surface area (Å²) in [5, 5.41) is 1.68. The summed E-state index contributed by atoms with van der Waals surface area (Å²) < 4.78 is 66.1. The van der Waals surface area contributed by atoms with E-state index in [1.54, 1.807) is 5.01 Å². The number of halogens is 5. The summed E-state index contributed by atoms with van der Waals surface area (Å²) in [5.74, 6) is 0.848. The quantitative estimate of drug-likeness (QED) is 0.779. The molecule has 1 atom stereocenters. The normalized spacial score (nSPS) is 21.2. The molecule has 26 heavy (non-hydrogen) atoms. The fraction of sp³-hybridized carbons (Fsp3) is 0.471. The van der Waals surface area contributed by atoms with E-state index < -0.39 is 18.0 Å². The molecular weight excluding hydrogens is 357 g/mol. The molecule has 1 aliphatic carbocycles. The van der Waals surface area contributed by atoms with Gasteiger partial charge in [-0.1, -0.05) is 13.0 Å². The first-order valence-corrected chi connectivity index (χ1v) is 8.17. The van der Waals surface area contributed by atoms with Gasteiger partial charge in [-0.25, -0.2) is 4.99 Å². The Morgan fingerprint density at radius 3 is 2.42 bits per heavy atom. The minimum absolute atomic E-state index is 0.321. The maximum Gasteiger partial charge on any atom is 0.499 e. The van der Waals surface area contributed by atoms with Crippen molar-refractivity contribution in [1.82, 2.24) is 5.43 Å². The summed E-state index contributed by atoms with van der Waals surface area (Å²) in [7, 11) is 0. The highest BCUT2D eigenvalue weighted by molar-refractivity contribution is 6.00. The third-order valence-corrected chi connectivity index (χ3v) is 4.31. The number of hydrogen-bond acceptors (Lipinski definition) is 4. The Morgan fingerprint density at radius 1 is 1.15 bits per heavy atom. The molecule has 0 bridgehead atoms. The first kappa shape index (κ1) is 18.5. The van der Waals surface area contributed by atoms with E-state index in [1.165, 1.54) is 12.1 Å². The van der Waals surface area contributed by atoms with E-state index in [2.05, 4.69) is 28.2 Å². The highest BCUT2D eigenvalue weighted by Gasteiger charge is 2.61. The number of anilines is 1. The van der Waals surface area contributed by atoms with E-state index >= 15 is 0 Å². The summed E-state index contributed by atoms with van der Waals surface area (Å²) in [5.41, 5.74) is 4.84. The van der Waals surface area contributed by atoms with Crippen LogP contribution in [0.5, 0.6) is 5.75 Å². The zero-order chi connectivity index (χ0) is 18.9. The Labute approximate surface area is 147 Å². The second-order valence-corrected chi connectivity index (χ2v) is 6.41. The molecule has 0 aromatic heterocycles. The van der Waals surface area contributed by atoms with Crippen LogP contribution in [0, 0.1) is 5.92 Å². The first-order chi connectivity index (χ1) is 12.2. The number of amidine groups is 1. The molecular formula is C17H18F5N3O. The second-order valence-electron chi connectivity index (χ2n) is 6.41. The smallest absolute Gasteiger partial charge is 0.426 e. The minimum Gasteiger partial charge on any atom is -0.426 e. The Bertz CT molecular complexity index is 712. The van der Waals surface area contributed by atoms with Gasteiger partial charge in [-0.3, -0.25) is 10.4 Å². The lowest BCUT2D eigenvalue weighted by Crippen LogP contribution is -2.41. The van der Waals surface area contributed by atoms with Crippen molar-refractivity contribution in [3.63, 3.8) is 0 Å². The van der Waals surface area contributed by atoms with E-state index in [0.717, 1.165) is 42.8 Å². The highest BCUT2D eigenvalue weighted by Crippen LogP contribution is 2.37. The molecule has 0 saturated carbocycles. The topological polar surface area (TPSA) is 36.9 Å². The van der Waals surface area contributed by atoms with Gasteiger partial charge in [0.2, 0.25) is 0 Å². The van der Waals surface area contributed by atoms with Gasteiger partial charge in [0.05, 0.1) is 5.69 Å².